The van der Waals surface area contributed by atoms with Crippen molar-refractivity contribution in [2.45, 2.75) is 45.6 Å². The molecule has 190 valence electrons. The molecule has 0 aliphatic heterocycles. The summed E-state index contributed by atoms with van der Waals surface area (Å²) in [4.78, 5) is 16.0. The molecule has 2 aromatic carbocycles. The molecule has 1 heterocycles. The molecule has 3 aromatic rings. The Morgan fingerprint density at radius 2 is 1.86 bits per heavy atom. The summed E-state index contributed by atoms with van der Waals surface area (Å²) in [6.07, 6.45) is 2.24. The molecule has 0 spiro atoms. The van der Waals surface area contributed by atoms with Crippen molar-refractivity contribution in [2.24, 2.45) is 11.8 Å². The Kier molecular flexibility index (Phi) is 8.08. The number of aliphatic carboxylic acids is 1. The lowest BCUT2D eigenvalue weighted by Crippen LogP contribution is -2.09. The Bertz CT molecular complexity index is 1210. The van der Waals surface area contributed by atoms with Crippen molar-refractivity contribution in [1.82, 2.24) is 4.98 Å². The van der Waals surface area contributed by atoms with Gasteiger partial charge in [0.1, 0.15) is 23.9 Å². The second-order valence-electron chi connectivity index (χ2n) is 9.61. The van der Waals surface area contributed by atoms with Crippen LogP contribution in [0.5, 0.6) is 17.4 Å². The summed E-state index contributed by atoms with van der Waals surface area (Å²) in [5.74, 6) is 1.03. The molecule has 1 saturated carbocycles. The third-order valence-corrected chi connectivity index (χ3v) is 6.19. The van der Waals surface area contributed by atoms with Gasteiger partial charge < -0.3 is 19.3 Å². The van der Waals surface area contributed by atoms with Gasteiger partial charge in [-0.2, -0.15) is 0 Å². The zero-order valence-corrected chi connectivity index (χ0v) is 20.9. The van der Waals surface area contributed by atoms with Gasteiger partial charge in [-0.1, -0.05) is 26.0 Å². The van der Waals surface area contributed by atoms with Crippen LogP contribution >= 0.6 is 0 Å². The number of nitrogens with zero attached hydrogens (tertiary/aromatic N) is 1. The number of aromatic nitrogens is 1. The number of hydrogen-bond acceptors (Lipinski definition) is 5. The van der Waals surface area contributed by atoms with Gasteiger partial charge in [0.15, 0.2) is 0 Å². The van der Waals surface area contributed by atoms with Crippen LogP contribution in [-0.4, -0.2) is 29.8 Å². The van der Waals surface area contributed by atoms with E-state index in [-0.39, 0.29) is 30.7 Å². The van der Waals surface area contributed by atoms with Gasteiger partial charge in [-0.3, -0.25) is 4.79 Å². The Hall–Kier alpha value is -3.61. The van der Waals surface area contributed by atoms with E-state index in [9.17, 15) is 14.3 Å². The highest BCUT2D eigenvalue weighted by Crippen LogP contribution is 2.45. The summed E-state index contributed by atoms with van der Waals surface area (Å²) < 4.78 is 31.9. The van der Waals surface area contributed by atoms with Crippen LogP contribution in [0, 0.1) is 17.7 Å². The molecule has 1 aliphatic rings. The average molecular weight is 494 g/mol. The van der Waals surface area contributed by atoms with Crippen molar-refractivity contribution in [2.75, 3.05) is 13.7 Å². The molecule has 0 amide bonds. The number of pyridine rings is 1. The van der Waals surface area contributed by atoms with E-state index < -0.39 is 5.97 Å². The maximum absolute atomic E-state index is 14.7. The van der Waals surface area contributed by atoms with Gasteiger partial charge in [-0.05, 0) is 78.6 Å². The predicted molar refractivity (Wildman–Crippen MR) is 135 cm³/mol. The second-order valence-corrected chi connectivity index (χ2v) is 9.61. The molecule has 1 aliphatic carbocycles. The lowest BCUT2D eigenvalue weighted by atomic mass is 9.91. The monoisotopic (exact) mass is 493 g/mol. The fourth-order valence-corrected chi connectivity index (χ4v) is 4.19. The van der Waals surface area contributed by atoms with Crippen molar-refractivity contribution >= 4 is 5.97 Å². The number of hydrogen-bond donors (Lipinski definition) is 1. The number of halogens is 1. The molecule has 0 radical (unpaired) electrons. The van der Waals surface area contributed by atoms with Gasteiger partial charge in [-0.25, -0.2) is 9.37 Å². The quantitative estimate of drug-likeness (QED) is 0.311. The van der Waals surface area contributed by atoms with E-state index in [0.717, 1.165) is 18.4 Å². The smallest absolute Gasteiger partial charge is 0.303 e. The van der Waals surface area contributed by atoms with Gasteiger partial charge in [0.05, 0.1) is 25.8 Å². The number of rotatable bonds is 12. The Morgan fingerprint density at radius 1 is 1.06 bits per heavy atom. The first-order chi connectivity index (χ1) is 17.3. The van der Waals surface area contributed by atoms with Gasteiger partial charge in [0.25, 0.3) is 0 Å². The van der Waals surface area contributed by atoms with Crippen molar-refractivity contribution in [3.63, 3.8) is 0 Å². The van der Waals surface area contributed by atoms with Crippen molar-refractivity contribution in [1.29, 1.82) is 0 Å². The SMILES string of the molecule is COc1ccc(F)c(-c2ccc(COc3cccc(C(CC(=O)O)C4CC4)c3)nc2OCC(C)C)c1. The molecule has 0 bridgehead atoms. The number of carboxylic acids is 1. The highest BCUT2D eigenvalue weighted by molar-refractivity contribution is 5.71. The van der Waals surface area contributed by atoms with Gasteiger partial charge >= 0.3 is 5.97 Å². The first kappa shape index (κ1) is 25.5. The summed E-state index contributed by atoms with van der Waals surface area (Å²) in [5, 5.41) is 9.32. The van der Waals surface area contributed by atoms with Crippen LogP contribution in [-0.2, 0) is 11.4 Å². The molecular formula is C29H32FNO5. The highest BCUT2D eigenvalue weighted by Gasteiger charge is 2.33. The minimum Gasteiger partial charge on any atom is -0.497 e. The van der Waals surface area contributed by atoms with Crippen molar-refractivity contribution in [3.8, 4) is 28.5 Å². The summed E-state index contributed by atoms with van der Waals surface area (Å²) in [5.41, 5.74) is 2.51. The number of carboxylic acid groups (broad SMARTS) is 1. The second kappa shape index (κ2) is 11.4. The number of ether oxygens (including phenoxy) is 3. The summed E-state index contributed by atoms with van der Waals surface area (Å²) in [6, 6.07) is 15.8. The molecule has 7 heteroatoms. The largest absolute Gasteiger partial charge is 0.497 e. The summed E-state index contributed by atoms with van der Waals surface area (Å²) >= 11 is 0. The third kappa shape index (κ3) is 6.53. The minimum atomic E-state index is -0.788. The van der Waals surface area contributed by atoms with E-state index in [4.69, 9.17) is 14.2 Å². The molecule has 1 atom stereocenters. The summed E-state index contributed by atoms with van der Waals surface area (Å²) in [7, 11) is 1.54. The minimum absolute atomic E-state index is 0.00254. The Balaban J connectivity index is 1.55. The van der Waals surface area contributed by atoms with Crippen LogP contribution in [0.2, 0.25) is 0 Å². The fourth-order valence-electron chi connectivity index (χ4n) is 4.19. The maximum atomic E-state index is 14.7. The number of methoxy groups -OCH3 is 1. The zero-order chi connectivity index (χ0) is 25.7. The van der Waals surface area contributed by atoms with Gasteiger partial charge in [-0.15, -0.1) is 0 Å². The lowest BCUT2D eigenvalue weighted by Gasteiger charge is -2.17. The van der Waals surface area contributed by atoms with E-state index in [0.29, 0.717) is 46.7 Å². The zero-order valence-electron chi connectivity index (χ0n) is 20.9. The predicted octanol–water partition coefficient (Wildman–Crippen LogP) is 6.48. The average Bonchev–Trinajstić information content (AvgIpc) is 3.71. The van der Waals surface area contributed by atoms with Crippen LogP contribution in [0.15, 0.2) is 54.6 Å². The molecule has 4 rings (SSSR count). The number of carbonyl (C=O) groups is 1. The molecule has 1 fully saturated rings. The lowest BCUT2D eigenvalue weighted by molar-refractivity contribution is -0.137. The molecule has 0 saturated heterocycles. The molecule has 6 nitrogen and oxygen atoms in total. The molecule has 1 N–H and O–H groups in total. The van der Waals surface area contributed by atoms with E-state index in [1.165, 1.54) is 13.2 Å². The fraction of sp³-hybridized carbons (Fsp3) is 0.379. The van der Waals surface area contributed by atoms with Crippen molar-refractivity contribution in [3.05, 3.63) is 71.7 Å². The van der Waals surface area contributed by atoms with Crippen LogP contribution in [0.1, 0.15) is 50.3 Å². The van der Waals surface area contributed by atoms with E-state index in [1.54, 1.807) is 24.3 Å². The van der Waals surface area contributed by atoms with Gasteiger partial charge in [0, 0.05) is 11.1 Å². The molecule has 1 aromatic heterocycles. The Labute approximate surface area is 211 Å². The van der Waals surface area contributed by atoms with Crippen LogP contribution in [0.25, 0.3) is 11.1 Å². The van der Waals surface area contributed by atoms with E-state index in [1.807, 2.05) is 38.1 Å². The first-order valence-electron chi connectivity index (χ1n) is 12.2. The van der Waals surface area contributed by atoms with Crippen LogP contribution in [0.3, 0.4) is 0 Å². The normalized spacial score (nSPS) is 13.9. The molecule has 1 unspecified atom stereocenters. The van der Waals surface area contributed by atoms with Crippen molar-refractivity contribution < 1.29 is 28.5 Å². The summed E-state index contributed by atoms with van der Waals surface area (Å²) in [6.45, 7) is 4.69. The highest BCUT2D eigenvalue weighted by atomic mass is 19.1. The van der Waals surface area contributed by atoms with E-state index in [2.05, 4.69) is 4.98 Å². The standard InChI is InChI=1S/C29H32FNO5/c1-18(2)16-36-29-24(26-14-22(34-3)10-12-27(26)30)11-9-21(31-29)17-35-23-6-4-5-20(13-23)25(15-28(32)33)19-7-8-19/h4-6,9-14,18-19,25H,7-8,15-17H2,1-3H3,(H,32,33). The Morgan fingerprint density at radius 3 is 2.56 bits per heavy atom. The molecular weight excluding hydrogens is 461 g/mol. The number of benzene rings is 2. The van der Waals surface area contributed by atoms with E-state index >= 15 is 0 Å². The van der Waals surface area contributed by atoms with Crippen LogP contribution in [0.4, 0.5) is 4.39 Å². The topological polar surface area (TPSA) is 77.9 Å². The van der Waals surface area contributed by atoms with Crippen LogP contribution < -0.4 is 14.2 Å². The first-order valence-corrected chi connectivity index (χ1v) is 12.2. The molecule has 36 heavy (non-hydrogen) atoms. The van der Waals surface area contributed by atoms with Gasteiger partial charge in [0.2, 0.25) is 5.88 Å². The third-order valence-electron chi connectivity index (χ3n) is 6.19. The maximum Gasteiger partial charge on any atom is 0.303 e.